The topological polar surface area (TPSA) is 58.4 Å². The van der Waals surface area contributed by atoms with Crippen LogP contribution in [-0.4, -0.2) is 42.5 Å². The minimum atomic E-state index is -0.509. The van der Waals surface area contributed by atoms with E-state index in [0.29, 0.717) is 17.9 Å². The molecule has 0 aromatic rings. The van der Waals surface area contributed by atoms with Crippen molar-refractivity contribution in [2.75, 3.05) is 20.1 Å². The van der Waals surface area contributed by atoms with Crippen LogP contribution in [0.25, 0.3) is 0 Å². The Balaban J connectivity index is 2.11. The fourth-order valence-corrected chi connectivity index (χ4v) is 3.36. The molecule has 1 aliphatic carbocycles. The smallest absolute Gasteiger partial charge is 0.239 e. The van der Waals surface area contributed by atoms with Gasteiger partial charge < -0.3 is 11.1 Å². The Labute approximate surface area is 110 Å². The summed E-state index contributed by atoms with van der Waals surface area (Å²) in [6, 6.07) is 0.546. The number of hydrogen-bond donors (Lipinski definition) is 2. The van der Waals surface area contributed by atoms with Crippen molar-refractivity contribution in [3.63, 3.8) is 0 Å². The lowest BCUT2D eigenvalue weighted by molar-refractivity contribution is -0.126. The average molecular weight is 253 g/mol. The second-order valence-electron chi connectivity index (χ2n) is 6.19. The number of rotatable bonds is 5. The molecule has 2 fully saturated rings. The van der Waals surface area contributed by atoms with E-state index in [1.54, 1.807) is 0 Å². The largest absolute Gasteiger partial charge is 0.368 e. The highest BCUT2D eigenvalue weighted by Crippen LogP contribution is 2.40. The summed E-state index contributed by atoms with van der Waals surface area (Å²) in [5.41, 5.74) is 5.18. The first-order valence-corrected chi connectivity index (χ1v) is 7.24. The van der Waals surface area contributed by atoms with E-state index < -0.39 is 5.54 Å². The molecule has 0 bridgehead atoms. The van der Waals surface area contributed by atoms with Crippen LogP contribution in [0.4, 0.5) is 0 Å². The Bertz CT molecular complexity index is 316. The lowest BCUT2D eigenvalue weighted by Gasteiger charge is -2.43. The molecule has 2 aliphatic rings. The molecule has 3 unspecified atom stereocenters. The maximum atomic E-state index is 11.9. The van der Waals surface area contributed by atoms with Crippen molar-refractivity contribution in [1.82, 2.24) is 10.2 Å². The highest BCUT2D eigenvalue weighted by Gasteiger charge is 2.50. The minimum Gasteiger partial charge on any atom is -0.368 e. The van der Waals surface area contributed by atoms with Gasteiger partial charge in [-0.25, -0.2) is 0 Å². The first-order valence-electron chi connectivity index (χ1n) is 7.24. The van der Waals surface area contributed by atoms with E-state index in [-0.39, 0.29) is 5.91 Å². The van der Waals surface area contributed by atoms with E-state index in [9.17, 15) is 4.79 Å². The highest BCUT2D eigenvalue weighted by molar-refractivity contribution is 5.86. The standard InChI is InChI=1S/C14H27N3O/c1-10-5-4-8-17(11(10)2)9-14(16-3,13(15)18)12-6-7-12/h10-12,16H,4-9H2,1-3H3,(H2,15,18). The van der Waals surface area contributed by atoms with Crippen molar-refractivity contribution in [1.29, 1.82) is 0 Å². The van der Waals surface area contributed by atoms with Crippen LogP contribution < -0.4 is 11.1 Å². The number of carbonyl (C=O) groups excluding carboxylic acids is 1. The van der Waals surface area contributed by atoms with Gasteiger partial charge in [0.25, 0.3) is 0 Å². The molecule has 0 aromatic carbocycles. The molecule has 1 saturated carbocycles. The first kappa shape index (κ1) is 13.8. The van der Waals surface area contributed by atoms with Crippen molar-refractivity contribution in [3.8, 4) is 0 Å². The Hall–Kier alpha value is -0.610. The molecule has 2 rings (SSSR count). The number of hydrogen-bond acceptors (Lipinski definition) is 3. The molecule has 104 valence electrons. The number of likely N-dealkylation sites (tertiary alicyclic amines) is 1. The highest BCUT2D eigenvalue weighted by atomic mass is 16.1. The van der Waals surface area contributed by atoms with Crippen molar-refractivity contribution in [3.05, 3.63) is 0 Å². The summed E-state index contributed by atoms with van der Waals surface area (Å²) in [6.45, 7) is 6.45. The van der Waals surface area contributed by atoms with Gasteiger partial charge in [0.15, 0.2) is 0 Å². The van der Waals surface area contributed by atoms with Gasteiger partial charge in [-0.1, -0.05) is 6.92 Å². The van der Waals surface area contributed by atoms with E-state index in [0.717, 1.165) is 25.9 Å². The van der Waals surface area contributed by atoms with Crippen molar-refractivity contribution >= 4 is 5.91 Å². The lowest BCUT2D eigenvalue weighted by Crippen LogP contribution is -2.64. The fraction of sp³-hybridized carbons (Fsp3) is 0.929. The van der Waals surface area contributed by atoms with Gasteiger partial charge >= 0.3 is 0 Å². The Kier molecular flexibility index (Phi) is 3.97. The summed E-state index contributed by atoms with van der Waals surface area (Å²) >= 11 is 0. The van der Waals surface area contributed by atoms with Crippen LogP contribution in [-0.2, 0) is 4.79 Å². The van der Waals surface area contributed by atoms with E-state index in [1.807, 2.05) is 7.05 Å². The molecule has 4 nitrogen and oxygen atoms in total. The zero-order valence-electron chi connectivity index (χ0n) is 11.9. The van der Waals surface area contributed by atoms with Gasteiger partial charge in [-0.15, -0.1) is 0 Å². The van der Waals surface area contributed by atoms with Crippen LogP contribution in [0.15, 0.2) is 0 Å². The third-order valence-corrected chi connectivity index (χ3v) is 5.12. The normalized spacial score (nSPS) is 33.1. The Morgan fingerprint density at radius 1 is 1.39 bits per heavy atom. The van der Waals surface area contributed by atoms with E-state index in [1.165, 1.54) is 12.8 Å². The van der Waals surface area contributed by atoms with E-state index in [2.05, 4.69) is 24.1 Å². The van der Waals surface area contributed by atoms with Crippen molar-refractivity contribution in [2.24, 2.45) is 17.6 Å². The van der Waals surface area contributed by atoms with Gasteiger partial charge in [-0.2, -0.15) is 0 Å². The van der Waals surface area contributed by atoms with Gasteiger partial charge in [-0.05, 0) is 58.0 Å². The predicted octanol–water partition coefficient (Wildman–Crippen LogP) is 0.960. The monoisotopic (exact) mass is 253 g/mol. The summed E-state index contributed by atoms with van der Waals surface area (Å²) in [5.74, 6) is 0.961. The molecule has 3 N–H and O–H groups in total. The third-order valence-electron chi connectivity index (χ3n) is 5.12. The number of primary amides is 1. The number of nitrogens with zero attached hydrogens (tertiary/aromatic N) is 1. The second kappa shape index (κ2) is 5.17. The minimum absolute atomic E-state index is 0.182. The maximum Gasteiger partial charge on any atom is 0.239 e. The van der Waals surface area contributed by atoms with Crippen LogP contribution in [0, 0.1) is 11.8 Å². The predicted molar refractivity (Wildman–Crippen MR) is 73.1 cm³/mol. The number of nitrogens with one attached hydrogen (secondary N) is 1. The molecule has 1 heterocycles. The summed E-state index contributed by atoms with van der Waals surface area (Å²) in [4.78, 5) is 14.4. The van der Waals surface area contributed by atoms with Crippen LogP contribution >= 0.6 is 0 Å². The molecular weight excluding hydrogens is 226 g/mol. The van der Waals surface area contributed by atoms with Crippen LogP contribution in [0.5, 0.6) is 0 Å². The number of piperidine rings is 1. The maximum absolute atomic E-state index is 11.9. The molecule has 1 amide bonds. The second-order valence-corrected chi connectivity index (χ2v) is 6.19. The number of amides is 1. The van der Waals surface area contributed by atoms with Gasteiger partial charge in [0, 0.05) is 12.6 Å². The lowest BCUT2D eigenvalue weighted by atomic mass is 9.87. The number of likely N-dealkylation sites (N-methyl/N-ethyl adjacent to an activating group) is 1. The van der Waals surface area contributed by atoms with Crippen LogP contribution in [0.3, 0.4) is 0 Å². The first-order chi connectivity index (χ1) is 8.51. The SMILES string of the molecule is CNC(CN1CCCC(C)C1C)(C(N)=O)C1CC1. The molecule has 1 aliphatic heterocycles. The van der Waals surface area contributed by atoms with E-state index in [4.69, 9.17) is 5.73 Å². The molecule has 0 spiro atoms. The molecule has 3 atom stereocenters. The molecule has 1 saturated heterocycles. The molecule has 0 radical (unpaired) electrons. The van der Waals surface area contributed by atoms with Gasteiger partial charge in [0.1, 0.15) is 5.54 Å². The van der Waals surface area contributed by atoms with Crippen molar-refractivity contribution in [2.45, 2.75) is 51.1 Å². The van der Waals surface area contributed by atoms with Gasteiger partial charge in [0.2, 0.25) is 5.91 Å². The van der Waals surface area contributed by atoms with Gasteiger partial charge in [0.05, 0.1) is 0 Å². The molecular formula is C14H27N3O. The average Bonchev–Trinajstić information content (AvgIpc) is 3.15. The number of nitrogens with two attached hydrogens (primary N) is 1. The zero-order valence-corrected chi connectivity index (χ0v) is 11.9. The summed E-state index contributed by atoms with van der Waals surface area (Å²) in [7, 11) is 1.88. The molecule has 0 aromatic heterocycles. The summed E-state index contributed by atoms with van der Waals surface area (Å²) < 4.78 is 0. The number of carbonyl (C=O) groups is 1. The Morgan fingerprint density at radius 3 is 2.56 bits per heavy atom. The summed E-state index contributed by atoms with van der Waals surface area (Å²) in [6.07, 6.45) is 4.78. The third kappa shape index (κ3) is 2.41. The van der Waals surface area contributed by atoms with Crippen LogP contribution in [0.2, 0.25) is 0 Å². The molecule has 18 heavy (non-hydrogen) atoms. The van der Waals surface area contributed by atoms with E-state index >= 15 is 0 Å². The van der Waals surface area contributed by atoms with Crippen molar-refractivity contribution < 1.29 is 4.79 Å². The quantitative estimate of drug-likeness (QED) is 0.767. The summed E-state index contributed by atoms with van der Waals surface area (Å²) in [5, 5.41) is 3.24. The Morgan fingerprint density at radius 2 is 2.06 bits per heavy atom. The van der Waals surface area contributed by atoms with Gasteiger partial charge in [-0.3, -0.25) is 9.69 Å². The molecule has 4 heteroatoms. The van der Waals surface area contributed by atoms with Crippen LogP contribution in [0.1, 0.15) is 39.5 Å². The zero-order chi connectivity index (χ0) is 13.3. The fourth-order valence-electron chi connectivity index (χ4n) is 3.36.